The first-order chi connectivity index (χ1) is 12.3. The lowest BCUT2D eigenvalue weighted by atomic mass is 10.0. The Bertz CT molecular complexity index is 766. The van der Waals surface area contributed by atoms with E-state index in [0.29, 0.717) is 49.0 Å². The van der Waals surface area contributed by atoms with E-state index in [0.717, 1.165) is 6.54 Å². The second kappa shape index (κ2) is 7.87. The predicted molar refractivity (Wildman–Crippen MR) is 104 cm³/mol. The van der Waals surface area contributed by atoms with Crippen LogP contribution in [0.2, 0.25) is 5.02 Å². The van der Waals surface area contributed by atoms with Crippen LogP contribution in [0.15, 0.2) is 24.3 Å². The Balaban J connectivity index is 1.79. The fraction of sp³-hybridized carbons (Fsp3) is 0.632. The third-order valence-corrected chi connectivity index (χ3v) is 7.82. The highest BCUT2D eigenvalue weighted by Gasteiger charge is 2.43. The van der Waals surface area contributed by atoms with E-state index >= 15 is 0 Å². The molecule has 3 rings (SSSR count). The van der Waals surface area contributed by atoms with Crippen LogP contribution in [0.1, 0.15) is 37.0 Å². The average Bonchev–Trinajstić information content (AvgIpc) is 2.81. The number of carbonyl (C=O) groups is 1. The number of nitrogens with zero attached hydrogens (tertiary/aromatic N) is 2. The number of halogens is 1. The van der Waals surface area contributed by atoms with Gasteiger partial charge in [-0.1, -0.05) is 31.5 Å². The van der Waals surface area contributed by atoms with Crippen LogP contribution in [0.3, 0.4) is 0 Å². The molecular formula is C19H27ClN2O3S. The summed E-state index contributed by atoms with van der Waals surface area (Å²) < 4.78 is 25.3. The van der Waals surface area contributed by atoms with E-state index in [9.17, 15) is 13.2 Å². The van der Waals surface area contributed by atoms with Gasteiger partial charge in [0.25, 0.3) is 5.91 Å². The van der Waals surface area contributed by atoms with Crippen LogP contribution in [-0.4, -0.2) is 67.3 Å². The molecule has 26 heavy (non-hydrogen) atoms. The smallest absolute Gasteiger partial charge is 0.253 e. The second-order valence-electron chi connectivity index (χ2n) is 7.74. The van der Waals surface area contributed by atoms with Crippen molar-refractivity contribution in [3.63, 3.8) is 0 Å². The van der Waals surface area contributed by atoms with Crippen LogP contribution in [0, 0.1) is 5.92 Å². The molecule has 0 bridgehead atoms. The maximum absolute atomic E-state index is 12.8. The Morgan fingerprint density at radius 1 is 1.23 bits per heavy atom. The predicted octanol–water partition coefficient (Wildman–Crippen LogP) is 2.70. The summed E-state index contributed by atoms with van der Waals surface area (Å²) in [5.74, 6) is 0.645. The summed E-state index contributed by atoms with van der Waals surface area (Å²) in [7, 11) is -3.10. The van der Waals surface area contributed by atoms with Crippen molar-refractivity contribution in [3.05, 3.63) is 34.9 Å². The standard InChI is InChI=1S/C19H27ClN2O3S/c1-14(2)13-22-10-11-26(24,25)18-7-9-21(8-6-17(18)22)19(23)15-4-3-5-16(20)12-15/h3-5,12,14,17-18H,6-11,13H2,1-2H3/t17-,18+/m0/s1. The summed E-state index contributed by atoms with van der Waals surface area (Å²) in [5, 5.41) is 0.164. The highest BCUT2D eigenvalue weighted by atomic mass is 35.5. The maximum atomic E-state index is 12.8. The summed E-state index contributed by atoms with van der Waals surface area (Å²) in [6.45, 7) is 6.87. The Labute approximate surface area is 161 Å². The monoisotopic (exact) mass is 398 g/mol. The van der Waals surface area contributed by atoms with Gasteiger partial charge in [-0.2, -0.15) is 0 Å². The number of carbonyl (C=O) groups excluding carboxylic acids is 1. The van der Waals surface area contributed by atoms with Gasteiger partial charge in [0.1, 0.15) is 0 Å². The molecule has 1 aromatic carbocycles. The molecule has 0 spiro atoms. The lowest BCUT2D eigenvalue weighted by molar-refractivity contribution is 0.0756. The minimum Gasteiger partial charge on any atom is -0.339 e. The fourth-order valence-electron chi connectivity index (χ4n) is 4.16. The molecule has 0 N–H and O–H groups in total. The summed E-state index contributed by atoms with van der Waals surface area (Å²) in [6, 6.07) is 6.94. The van der Waals surface area contributed by atoms with Crippen LogP contribution < -0.4 is 0 Å². The minimum atomic E-state index is -3.10. The molecule has 2 saturated heterocycles. The third kappa shape index (κ3) is 4.24. The first-order valence-corrected chi connectivity index (χ1v) is 11.4. The number of hydrogen-bond donors (Lipinski definition) is 0. The van der Waals surface area contributed by atoms with E-state index in [4.69, 9.17) is 11.6 Å². The van der Waals surface area contributed by atoms with Gasteiger partial charge < -0.3 is 4.90 Å². The zero-order valence-electron chi connectivity index (χ0n) is 15.4. The van der Waals surface area contributed by atoms with E-state index in [1.807, 2.05) is 0 Å². The lowest BCUT2D eigenvalue weighted by Gasteiger charge is -2.40. The second-order valence-corrected chi connectivity index (χ2v) is 10.5. The van der Waals surface area contributed by atoms with Gasteiger partial charge in [0, 0.05) is 42.8 Å². The van der Waals surface area contributed by atoms with Crippen molar-refractivity contribution in [3.8, 4) is 0 Å². The van der Waals surface area contributed by atoms with Crippen LogP contribution in [-0.2, 0) is 9.84 Å². The summed E-state index contributed by atoms with van der Waals surface area (Å²) in [5.41, 5.74) is 0.560. The first kappa shape index (κ1) is 19.6. The normalized spacial score (nSPS) is 26.4. The van der Waals surface area contributed by atoms with Crippen LogP contribution >= 0.6 is 11.6 Å². The fourth-order valence-corrected chi connectivity index (χ4v) is 6.40. The maximum Gasteiger partial charge on any atom is 0.253 e. The lowest BCUT2D eigenvalue weighted by Crippen LogP contribution is -2.55. The molecule has 2 aliphatic rings. The molecule has 0 radical (unpaired) electrons. The molecule has 144 valence electrons. The Morgan fingerprint density at radius 3 is 2.65 bits per heavy atom. The Morgan fingerprint density at radius 2 is 1.96 bits per heavy atom. The molecular weight excluding hydrogens is 372 g/mol. The molecule has 0 unspecified atom stereocenters. The molecule has 2 fully saturated rings. The molecule has 7 heteroatoms. The van der Waals surface area contributed by atoms with Crippen molar-refractivity contribution in [2.24, 2.45) is 5.92 Å². The van der Waals surface area contributed by atoms with Crippen molar-refractivity contribution < 1.29 is 13.2 Å². The zero-order chi connectivity index (χ0) is 18.9. The summed E-state index contributed by atoms with van der Waals surface area (Å²) >= 11 is 6.01. The van der Waals surface area contributed by atoms with Gasteiger partial charge in [-0.15, -0.1) is 0 Å². The van der Waals surface area contributed by atoms with Crippen molar-refractivity contribution in [1.29, 1.82) is 0 Å². The van der Waals surface area contributed by atoms with Gasteiger partial charge in [-0.25, -0.2) is 8.42 Å². The zero-order valence-corrected chi connectivity index (χ0v) is 17.0. The van der Waals surface area contributed by atoms with Gasteiger partial charge in [0.15, 0.2) is 9.84 Å². The largest absolute Gasteiger partial charge is 0.339 e. The molecule has 0 aromatic heterocycles. The van der Waals surface area contributed by atoms with E-state index in [-0.39, 0.29) is 23.0 Å². The molecule has 2 heterocycles. The molecule has 1 amide bonds. The van der Waals surface area contributed by atoms with Crippen molar-refractivity contribution >= 4 is 27.3 Å². The summed E-state index contributed by atoms with van der Waals surface area (Å²) in [4.78, 5) is 16.9. The van der Waals surface area contributed by atoms with E-state index < -0.39 is 9.84 Å². The number of amides is 1. The Kier molecular flexibility index (Phi) is 5.94. The number of sulfone groups is 1. The van der Waals surface area contributed by atoms with Crippen molar-refractivity contribution in [2.75, 3.05) is 31.9 Å². The molecule has 1 aromatic rings. The number of benzene rings is 1. The van der Waals surface area contributed by atoms with Gasteiger partial charge >= 0.3 is 0 Å². The third-order valence-electron chi connectivity index (χ3n) is 5.36. The number of rotatable bonds is 3. The van der Waals surface area contributed by atoms with Crippen LogP contribution in [0.4, 0.5) is 0 Å². The number of hydrogen-bond acceptors (Lipinski definition) is 4. The average molecular weight is 399 g/mol. The van der Waals surface area contributed by atoms with Crippen LogP contribution in [0.5, 0.6) is 0 Å². The van der Waals surface area contributed by atoms with Gasteiger partial charge in [0.05, 0.1) is 11.0 Å². The number of fused-ring (bicyclic) bond motifs is 1. The topological polar surface area (TPSA) is 57.7 Å². The van der Waals surface area contributed by atoms with Crippen molar-refractivity contribution in [1.82, 2.24) is 9.80 Å². The molecule has 2 aliphatic heterocycles. The molecule has 0 saturated carbocycles. The van der Waals surface area contributed by atoms with Gasteiger partial charge in [0.2, 0.25) is 0 Å². The quantitative estimate of drug-likeness (QED) is 0.785. The minimum absolute atomic E-state index is 0.00770. The highest BCUT2D eigenvalue weighted by Crippen LogP contribution is 2.29. The molecule has 2 atom stereocenters. The van der Waals surface area contributed by atoms with Crippen molar-refractivity contribution in [2.45, 2.75) is 38.0 Å². The first-order valence-electron chi connectivity index (χ1n) is 9.28. The van der Waals surface area contributed by atoms with Gasteiger partial charge in [-0.3, -0.25) is 9.69 Å². The Hall–Kier alpha value is -1.11. The molecule has 5 nitrogen and oxygen atoms in total. The molecule has 0 aliphatic carbocycles. The van der Waals surface area contributed by atoms with E-state index in [1.54, 1.807) is 29.2 Å². The van der Waals surface area contributed by atoms with Gasteiger partial charge in [-0.05, 0) is 37.0 Å². The van der Waals surface area contributed by atoms with E-state index in [1.165, 1.54) is 0 Å². The highest BCUT2D eigenvalue weighted by molar-refractivity contribution is 7.92. The van der Waals surface area contributed by atoms with Crippen LogP contribution in [0.25, 0.3) is 0 Å². The number of likely N-dealkylation sites (tertiary alicyclic amines) is 1. The SMILES string of the molecule is CC(C)CN1CCS(=O)(=O)[C@@H]2CCN(C(=O)c3cccc(Cl)c3)CC[C@@H]21. The summed E-state index contributed by atoms with van der Waals surface area (Å²) in [6.07, 6.45) is 1.21. The van der Waals surface area contributed by atoms with E-state index in [2.05, 4.69) is 18.7 Å².